The van der Waals surface area contributed by atoms with Crippen LogP contribution in [0.2, 0.25) is 0 Å². The van der Waals surface area contributed by atoms with Crippen LogP contribution < -0.4 is 10.6 Å². The van der Waals surface area contributed by atoms with Crippen molar-refractivity contribution in [1.29, 1.82) is 5.26 Å². The second-order valence-electron chi connectivity index (χ2n) is 4.41. The number of pyridine rings is 1. The van der Waals surface area contributed by atoms with Crippen molar-refractivity contribution >= 4 is 11.5 Å². The van der Waals surface area contributed by atoms with Crippen molar-refractivity contribution < 1.29 is 0 Å². The first kappa shape index (κ1) is 12.9. The first-order chi connectivity index (χ1) is 9.20. The number of nitrogen functional groups attached to an aromatic ring is 1. The fourth-order valence-corrected chi connectivity index (χ4v) is 1.90. The topological polar surface area (TPSA) is 65.9 Å². The normalized spacial score (nSPS) is 9.89. The summed E-state index contributed by atoms with van der Waals surface area (Å²) in [6, 6.07) is 14.0. The van der Waals surface area contributed by atoms with Gasteiger partial charge in [-0.1, -0.05) is 30.3 Å². The first-order valence-electron chi connectivity index (χ1n) is 6.11. The third-order valence-electron chi connectivity index (χ3n) is 2.96. The molecule has 19 heavy (non-hydrogen) atoms. The zero-order valence-electron chi connectivity index (χ0n) is 10.9. The van der Waals surface area contributed by atoms with Crippen molar-refractivity contribution in [2.75, 3.05) is 24.2 Å². The van der Waals surface area contributed by atoms with E-state index in [2.05, 4.69) is 17.1 Å². The van der Waals surface area contributed by atoms with E-state index in [1.807, 2.05) is 36.2 Å². The molecule has 1 aromatic carbocycles. The number of rotatable bonds is 4. The Hall–Kier alpha value is -2.54. The van der Waals surface area contributed by atoms with E-state index in [4.69, 9.17) is 11.0 Å². The van der Waals surface area contributed by atoms with Crippen LogP contribution in [-0.2, 0) is 6.42 Å². The predicted molar refractivity (Wildman–Crippen MR) is 76.8 cm³/mol. The van der Waals surface area contributed by atoms with Crippen molar-refractivity contribution in [1.82, 2.24) is 4.98 Å². The van der Waals surface area contributed by atoms with E-state index in [-0.39, 0.29) is 0 Å². The quantitative estimate of drug-likeness (QED) is 0.906. The van der Waals surface area contributed by atoms with Crippen LogP contribution in [0.15, 0.2) is 42.6 Å². The molecule has 0 aliphatic rings. The molecule has 4 nitrogen and oxygen atoms in total. The first-order valence-corrected chi connectivity index (χ1v) is 6.11. The summed E-state index contributed by atoms with van der Waals surface area (Å²) in [5.41, 5.74) is 8.21. The molecule has 0 fully saturated rings. The average Bonchev–Trinajstić information content (AvgIpc) is 2.45. The summed E-state index contributed by atoms with van der Waals surface area (Å²) in [7, 11) is 1.95. The van der Waals surface area contributed by atoms with Crippen LogP contribution in [0, 0.1) is 11.3 Å². The summed E-state index contributed by atoms with van der Waals surface area (Å²) >= 11 is 0. The largest absolute Gasteiger partial charge is 0.396 e. The minimum Gasteiger partial charge on any atom is -0.396 e. The monoisotopic (exact) mass is 252 g/mol. The van der Waals surface area contributed by atoms with E-state index in [9.17, 15) is 0 Å². The van der Waals surface area contributed by atoms with Crippen LogP contribution in [0.1, 0.15) is 11.1 Å². The van der Waals surface area contributed by atoms with E-state index < -0.39 is 0 Å². The maximum Gasteiger partial charge on any atom is 0.151 e. The molecule has 0 saturated carbocycles. The number of aromatic nitrogens is 1. The maximum absolute atomic E-state index is 8.78. The van der Waals surface area contributed by atoms with E-state index >= 15 is 0 Å². The highest BCUT2D eigenvalue weighted by Gasteiger charge is 2.07. The van der Waals surface area contributed by atoms with Crippen molar-refractivity contribution in [3.8, 4) is 6.07 Å². The number of nitrogens with two attached hydrogens (primary N) is 1. The van der Waals surface area contributed by atoms with E-state index in [1.54, 1.807) is 12.3 Å². The van der Waals surface area contributed by atoms with Gasteiger partial charge in [-0.25, -0.2) is 4.98 Å². The third-order valence-corrected chi connectivity index (χ3v) is 2.96. The number of nitriles is 1. The number of hydrogen-bond donors (Lipinski definition) is 1. The molecule has 2 N–H and O–H groups in total. The van der Waals surface area contributed by atoms with Crippen molar-refractivity contribution in [3.05, 3.63) is 53.7 Å². The molecule has 0 bridgehead atoms. The fraction of sp³-hybridized carbons (Fsp3) is 0.200. The SMILES string of the molecule is CN(CCc1ccccc1)c1ncc(C#N)cc1N. The van der Waals surface area contributed by atoms with Gasteiger partial charge in [0.25, 0.3) is 0 Å². The van der Waals surface area contributed by atoms with Gasteiger partial charge >= 0.3 is 0 Å². The molecule has 2 rings (SSSR count). The Morgan fingerprint density at radius 3 is 2.68 bits per heavy atom. The summed E-state index contributed by atoms with van der Waals surface area (Å²) in [4.78, 5) is 6.24. The molecule has 1 heterocycles. The standard InChI is InChI=1S/C15H16N4/c1-19(8-7-12-5-3-2-4-6-12)15-14(17)9-13(10-16)11-18-15/h2-6,9,11H,7-8,17H2,1H3. The summed E-state index contributed by atoms with van der Waals surface area (Å²) < 4.78 is 0. The Balaban J connectivity index is 2.04. The van der Waals surface area contributed by atoms with E-state index in [1.165, 1.54) is 5.56 Å². The zero-order valence-corrected chi connectivity index (χ0v) is 10.9. The van der Waals surface area contributed by atoms with Gasteiger partial charge in [-0.05, 0) is 18.1 Å². The molecular weight excluding hydrogens is 236 g/mol. The molecule has 1 aromatic heterocycles. The molecule has 4 heteroatoms. The lowest BCUT2D eigenvalue weighted by Gasteiger charge is -2.19. The molecule has 0 spiro atoms. The minimum absolute atomic E-state index is 0.484. The molecule has 0 radical (unpaired) electrons. The Bertz CT molecular complexity index is 587. The van der Waals surface area contributed by atoms with Crippen molar-refractivity contribution in [3.63, 3.8) is 0 Å². The van der Waals surface area contributed by atoms with Gasteiger partial charge in [-0.2, -0.15) is 5.26 Å². The third kappa shape index (κ3) is 3.23. The smallest absolute Gasteiger partial charge is 0.151 e. The molecular formula is C15H16N4. The second-order valence-corrected chi connectivity index (χ2v) is 4.41. The second kappa shape index (κ2) is 5.87. The summed E-state index contributed by atoms with van der Waals surface area (Å²) in [5.74, 6) is 0.718. The minimum atomic E-state index is 0.484. The molecule has 0 amide bonds. The Kier molecular flexibility index (Phi) is 3.99. The van der Waals surface area contributed by atoms with Crippen LogP contribution >= 0.6 is 0 Å². The van der Waals surface area contributed by atoms with Gasteiger partial charge in [-0.15, -0.1) is 0 Å². The molecule has 0 atom stereocenters. The van der Waals surface area contributed by atoms with Crippen LogP contribution in [-0.4, -0.2) is 18.6 Å². The zero-order chi connectivity index (χ0) is 13.7. The Morgan fingerprint density at radius 1 is 1.32 bits per heavy atom. The van der Waals surface area contributed by atoms with Gasteiger partial charge in [-0.3, -0.25) is 0 Å². The molecule has 96 valence electrons. The van der Waals surface area contributed by atoms with Gasteiger partial charge in [0.05, 0.1) is 11.3 Å². The van der Waals surface area contributed by atoms with Gasteiger partial charge in [0.2, 0.25) is 0 Å². The molecule has 0 unspecified atom stereocenters. The van der Waals surface area contributed by atoms with Crippen molar-refractivity contribution in [2.24, 2.45) is 0 Å². The van der Waals surface area contributed by atoms with Crippen molar-refractivity contribution in [2.45, 2.75) is 6.42 Å². The fourth-order valence-electron chi connectivity index (χ4n) is 1.90. The number of nitrogens with zero attached hydrogens (tertiary/aromatic N) is 3. The average molecular weight is 252 g/mol. The summed E-state index contributed by atoms with van der Waals surface area (Å²) in [6.45, 7) is 0.827. The molecule has 0 saturated heterocycles. The Labute approximate surface area is 113 Å². The molecule has 0 aliphatic heterocycles. The lowest BCUT2D eigenvalue weighted by Crippen LogP contribution is -2.22. The highest BCUT2D eigenvalue weighted by Crippen LogP contribution is 2.19. The van der Waals surface area contributed by atoms with Crippen LogP contribution in [0.4, 0.5) is 11.5 Å². The van der Waals surface area contributed by atoms with Gasteiger partial charge < -0.3 is 10.6 Å². The van der Waals surface area contributed by atoms with Gasteiger partial charge in [0, 0.05) is 19.8 Å². The van der Waals surface area contributed by atoms with Crippen LogP contribution in [0.5, 0.6) is 0 Å². The lowest BCUT2D eigenvalue weighted by atomic mass is 10.1. The van der Waals surface area contributed by atoms with Gasteiger partial charge in [0.1, 0.15) is 6.07 Å². The van der Waals surface area contributed by atoms with E-state index in [0.717, 1.165) is 18.8 Å². The number of anilines is 2. The van der Waals surface area contributed by atoms with E-state index in [0.29, 0.717) is 11.3 Å². The number of hydrogen-bond acceptors (Lipinski definition) is 4. The maximum atomic E-state index is 8.78. The highest BCUT2D eigenvalue weighted by atomic mass is 15.2. The molecule has 0 aliphatic carbocycles. The molecule has 2 aromatic rings. The number of likely N-dealkylation sites (N-methyl/N-ethyl adjacent to an activating group) is 1. The van der Waals surface area contributed by atoms with Crippen LogP contribution in [0.3, 0.4) is 0 Å². The van der Waals surface area contributed by atoms with Crippen LogP contribution in [0.25, 0.3) is 0 Å². The Morgan fingerprint density at radius 2 is 2.05 bits per heavy atom. The summed E-state index contributed by atoms with van der Waals surface area (Å²) in [6.07, 6.45) is 2.48. The van der Waals surface area contributed by atoms with Gasteiger partial charge in [0.15, 0.2) is 5.82 Å². The predicted octanol–water partition coefficient (Wildman–Crippen LogP) is 2.21. The summed E-state index contributed by atoms with van der Waals surface area (Å²) in [5, 5.41) is 8.78. The highest BCUT2D eigenvalue weighted by molar-refractivity contribution is 5.64. The number of benzene rings is 1. The lowest BCUT2D eigenvalue weighted by molar-refractivity contribution is 0.861.